The van der Waals surface area contributed by atoms with Gasteiger partial charge in [-0.1, -0.05) is 18.2 Å². The zero-order valence-electron chi connectivity index (χ0n) is 19.7. The van der Waals surface area contributed by atoms with E-state index in [0.717, 1.165) is 54.9 Å². The van der Waals surface area contributed by atoms with E-state index in [0.29, 0.717) is 12.3 Å². The molecule has 8 heteroatoms. The number of rotatable bonds is 7. The third kappa shape index (κ3) is 5.37. The molecule has 0 amide bonds. The van der Waals surface area contributed by atoms with Crippen molar-refractivity contribution >= 4 is 11.6 Å². The Balaban J connectivity index is 1.63. The Morgan fingerprint density at radius 2 is 1.75 bits per heavy atom. The van der Waals surface area contributed by atoms with Gasteiger partial charge in [0.2, 0.25) is 0 Å². The first-order valence-electron chi connectivity index (χ1n) is 10.8. The number of anilines is 1. The molecule has 0 saturated carbocycles. The van der Waals surface area contributed by atoms with E-state index in [4.69, 9.17) is 9.47 Å². The number of hydrogen-bond acceptors (Lipinski definition) is 6. The van der Waals surface area contributed by atoms with E-state index in [1.165, 1.54) is 0 Å². The number of nitrogens with one attached hydrogen (secondary N) is 1. The number of para-hydroxylation sites is 2. The van der Waals surface area contributed by atoms with Crippen LogP contribution in [0.5, 0.6) is 17.2 Å². The summed E-state index contributed by atoms with van der Waals surface area (Å²) in [7, 11) is 9.25. The van der Waals surface area contributed by atoms with Gasteiger partial charge in [0, 0.05) is 39.8 Å². The summed E-state index contributed by atoms with van der Waals surface area (Å²) in [5.74, 6) is 2.66. The van der Waals surface area contributed by atoms with Crippen molar-refractivity contribution < 1.29 is 14.6 Å². The number of hydrogen-bond donors (Lipinski definition) is 2. The predicted octanol–water partition coefficient (Wildman–Crippen LogP) is 2.41. The van der Waals surface area contributed by atoms with Crippen molar-refractivity contribution in [1.29, 1.82) is 0 Å². The topological polar surface area (TPSA) is 72.8 Å². The maximum Gasteiger partial charge on any atom is 0.193 e. The zero-order valence-corrected chi connectivity index (χ0v) is 19.7. The number of nitrogens with zero attached hydrogens (tertiary/aromatic N) is 4. The fourth-order valence-corrected chi connectivity index (χ4v) is 4.07. The Kier molecular flexibility index (Phi) is 8.05. The standard InChI is InChI=1S/C24H35N5O3/c1-25-24(29-14-12-28(13-15-29)19-8-6-7-9-21(19)30)26-17-20(27(2)3)18-10-11-22(31-4)23(16-18)32-5/h6-11,16,20,30H,12-15,17H2,1-5H3,(H,25,26). The van der Waals surface area contributed by atoms with Crippen LogP contribution < -0.4 is 19.7 Å². The van der Waals surface area contributed by atoms with Crippen LogP contribution in [-0.4, -0.2) is 89.0 Å². The molecule has 3 rings (SSSR count). The number of phenols is 1. The van der Waals surface area contributed by atoms with Crippen LogP contribution in [0, 0.1) is 0 Å². The number of ether oxygens (including phenoxy) is 2. The highest BCUT2D eigenvalue weighted by molar-refractivity contribution is 5.80. The second-order valence-electron chi connectivity index (χ2n) is 7.98. The monoisotopic (exact) mass is 441 g/mol. The summed E-state index contributed by atoms with van der Waals surface area (Å²) in [5.41, 5.74) is 2.02. The molecule has 8 nitrogen and oxygen atoms in total. The minimum absolute atomic E-state index is 0.133. The molecule has 1 unspecified atom stereocenters. The van der Waals surface area contributed by atoms with E-state index in [1.807, 2.05) is 37.4 Å². The second-order valence-corrected chi connectivity index (χ2v) is 7.98. The third-order valence-electron chi connectivity index (χ3n) is 5.88. The average molecular weight is 442 g/mol. The molecule has 0 bridgehead atoms. The highest BCUT2D eigenvalue weighted by atomic mass is 16.5. The molecule has 1 aliphatic heterocycles. The molecule has 0 aromatic heterocycles. The maximum atomic E-state index is 10.1. The van der Waals surface area contributed by atoms with Gasteiger partial charge < -0.3 is 34.6 Å². The quantitative estimate of drug-likeness (QED) is 0.505. The number of methoxy groups -OCH3 is 2. The van der Waals surface area contributed by atoms with Crippen LogP contribution in [0.2, 0.25) is 0 Å². The summed E-state index contributed by atoms with van der Waals surface area (Å²) in [4.78, 5) is 11.2. The molecule has 32 heavy (non-hydrogen) atoms. The lowest BCUT2D eigenvalue weighted by atomic mass is 10.1. The van der Waals surface area contributed by atoms with E-state index in [1.54, 1.807) is 20.3 Å². The molecule has 1 heterocycles. The van der Waals surface area contributed by atoms with Crippen molar-refractivity contribution in [1.82, 2.24) is 15.1 Å². The largest absolute Gasteiger partial charge is 0.506 e. The summed E-state index contributed by atoms with van der Waals surface area (Å²) in [6.07, 6.45) is 0. The molecular formula is C24H35N5O3. The van der Waals surface area contributed by atoms with Crippen molar-refractivity contribution in [3.05, 3.63) is 48.0 Å². The number of benzene rings is 2. The molecule has 0 radical (unpaired) electrons. The molecule has 2 aromatic carbocycles. The van der Waals surface area contributed by atoms with E-state index in [9.17, 15) is 5.11 Å². The van der Waals surface area contributed by atoms with E-state index >= 15 is 0 Å². The third-order valence-corrected chi connectivity index (χ3v) is 5.88. The van der Waals surface area contributed by atoms with Crippen molar-refractivity contribution in [2.45, 2.75) is 6.04 Å². The highest BCUT2D eigenvalue weighted by Gasteiger charge is 2.23. The van der Waals surface area contributed by atoms with Gasteiger partial charge in [0.1, 0.15) is 5.75 Å². The molecular weight excluding hydrogens is 406 g/mol. The zero-order chi connectivity index (χ0) is 23.1. The Bertz CT molecular complexity index is 910. The lowest BCUT2D eigenvalue weighted by molar-refractivity contribution is 0.290. The molecule has 1 atom stereocenters. The number of phenolic OH excluding ortho intramolecular Hbond substituents is 1. The van der Waals surface area contributed by atoms with Gasteiger partial charge in [-0.3, -0.25) is 4.99 Å². The highest BCUT2D eigenvalue weighted by Crippen LogP contribution is 2.31. The van der Waals surface area contributed by atoms with Crippen LogP contribution in [0.15, 0.2) is 47.5 Å². The fourth-order valence-electron chi connectivity index (χ4n) is 4.07. The Hall–Kier alpha value is -3.13. The number of aromatic hydroxyl groups is 1. The minimum Gasteiger partial charge on any atom is -0.506 e. The molecule has 1 aliphatic rings. The van der Waals surface area contributed by atoms with Gasteiger partial charge in [-0.25, -0.2) is 0 Å². The second kappa shape index (κ2) is 10.9. The average Bonchev–Trinajstić information content (AvgIpc) is 2.82. The maximum absolute atomic E-state index is 10.1. The van der Waals surface area contributed by atoms with Crippen molar-refractivity contribution in [3.63, 3.8) is 0 Å². The van der Waals surface area contributed by atoms with Crippen LogP contribution in [0.25, 0.3) is 0 Å². The van der Waals surface area contributed by atoms with Crippen LogP contribution in [0.3, 0.4) is 0 Å². The van der Waals surface area contributed by atoms with Crippen molar-refractivity contribution in [2.75, 3.05) is 73.0 Å². The summed E-state index contributed by atoms with van der Waals surface area (Å²) in [6.45, 7) is 4.01. The van der Waals surface area contributed by atoms with Crippen LogP contribution in [0.4, 0.5) is 5.69 Å². The minimum atomic E-state index is 0.133. The Morgan fingerprint density at radius 3 is 2.34 bits per heavy atom. The molecule has 0 aliphatic carbocycles. The SMILES string of the molecule is CN=C(NCC(c1ccc(OC)c(OC)c1)N(C)C)N1CCN(c2ccccc2O)CC1. The lowest BCUT2D eigenvalue weighted by Crippen LogP contribution is -2.53. The van der Waals surface area contributed by atoms with Gasteiger partial charge in [0.05, 0.1) is 25.9 Å². The summed E-state index contributed by atoms with van der Waals surface area (Å²) in [6, 6.07) is 13.7. The van der Waals surface area contributed by atoms with Crippen LogP contribution in [0.1, 0.15) is 11.6 Å². The number of piperazine rings is 1. The Labute approximate surface area is 191 Å². The summed E-state index contributed by atoms with van der Waals surface area (Å²) in [5, 5.41) is 13.7. The van der Waals surface area contributed by atoms with Gasteiger partial charge in [-0.2, -0.15) is 0 Å². The lowest BCUT2D eigenvalue weighted by Gasteiger charge is -2.38. The van der Waals surface area contributed by atoms with Crippen molar-refractivity contribution in [2.24, 2.45) is 4.99 Å². The molecule has 174 valence electrons. The number of aliphatic imine (C=N–C) groups is 1. The van der Waals surface area contributed by atoms with Gasteiger partial charge >= 0.3 is 0 Å². The van der Waals surface area contributed by atoms with Crippen LogP contribution >= 0.6 is 0 Å². The number of guanidine groups is 1. The van der Waals surface area contributed by atoms with Gasteiger partial charge in [0.25, 0.3) is 0 Å². The summed E-state index contributed by atoms with van der Waals surface area (Å²) < 4.78 is 10.9. The predicted molar refractivity (Wildman–Crippen MR) is 129 cm³/mol. The molecule has 2 N–H and O–H groups in total. The van der Waals surface area contributed by atoms with E-state index in [-0.39, 0.29) is 6.04 Å². The molecule has 1 saturated heterocycles. The fraction of sp³-hybridized carbons (Fsp3) is 0.458. The Morgan fingerprint density at radius 1 is 1.06 bits per heavy atom. The van der Waals surface area contributed by atoms with Crippen LogP contribution in [-0.2, 0) is 0 Å². The molecule has 2 aromatic rings. The van der Waals surface area contributed by atoms with E-state index < -0.39 is 0 Å². The normalized spacial score (nSPS) is 15.6. The molecule has 0 spiro atoms. The molecule has 1 fully saturated rings. The summed E-state index contributed by atoms with van der Waals surface area (Å²) >= 11 is 0. The van der Waals surface area contributed by atoms with E-state index in [2.05, 4.69) is 45.2 Å². The first-order chi connectivity index (χ1) is 15.5. The smallest absolute Gasteiger partial charge is 0.193 e. The van der Waals surface area contributed by atoms with Gasteiger partial charge in [-0.15, -0.1) is 0 Å². The first kappa shape index (κ1) is 23.5. The van der Waals surface area contributed by atoms with Crippen molar-refractivity contribution in [3.8, 4) is 17.2 Å². The first-order valence-corrected chi connectivity index (χ1v) is 10.8. The van der Waals surface area contributed by atoms with Gasteiger partial charge in [-0.05, 0) is 43.9 Å². The van der Waals surface area contributed by atoms with Gasteiger partial charge in [0.15, 0.2) is 17.5 Å². The number of likely N-dealkylation sites (N-methyl/N-ethyl adjacent to an activating group) is 1.